The van der Waals surface area contributed by atoms with Crippen molar-refractivity contribution in [1.82, 2.24) is 0 Å². The van der Waals surface area contributed by atoms with Gasteiger partial charge in [0.25, 0.3) is 0 Å². The highest BCUT2D eigenvalue weighted by molar-refractivity contribution is 5.50. The Morgan fingerprint density at radius 1 is 1.10 bits per heavy atom. The summed E-state index contributed by atoms with van der Waals surface area (Å²) in [5.41, 5.74) is -0.253. The predicted octanol–water partition coefficient (Wildman–Crippen LogP) is 3.72. The van der Waals surface area contributed by atoms with Crippen LogP contribution in [0.3, 0.4) is 0 Å². The molecule has 0 aromatic heterocycles. The molecule has 0 spiro atoms. The Hall–Kier alpha value is -2.61. The molecule has 108 valence electrons. The second kappa shape index (κ2) is 7.25. The molecule has 0 radical (unpaired) electrons. The van der Waals surface area contributed by atoms with Crippen molar-refractivity contribution in [2.24, 2.45) is 0 Å². The summed E-state index contributed by atoms with van der Waals surface area (Å²) in [6, 6.07) is 13.0. The molecule has 2 rings (SSSR count). The third-order valence-corrected chi connectivity index (χ3v) is 2.81. The van der Waals surface area contributed by atoms with E-state index < -0.39 is 11.6 Å². The number of rotatable bonds is 6. The van der Waals surface area contributed by atoms with Gasteiger partial charge in [-0.15, -0.1) is 0 Å². The minimum atomic E-state index is -0.768. The van der Waals surface area contributed by atoms with Crippen LogP contribution in [0.1, 0.15) is 12.0 Å². The standard InChI is InChI=1S/C16H14F2N2O/c17-14-9-12(11-19)10-15(18)16(14)20-7-4-8-21-13-5-2-1-3-6-13/h1-3,5-6,9-10,20H,4,7-8H2. The quantitative estimate of drug-likeness (QED) is 0.824. The first-order chi connectivity index (χ1) is 10.2. The Bertz CT molecular complexity index is 615. The SMILES string of the molecule is N#Cc1cc(F)c(NCCCOc2ccccc2)c(F)c1. The van der Waals surface area contributed by atoms with E-state index in [1.807, 2.05) is 30.3 Å². The lowest BCUT2D eigenvalue weighted by Gasteiger charge is -2.10. The molecular formula is C16H14F2N2O. The fourth-order valence-electron chi connectivity index (χ4n) is 1.80. The summed E-state index contributed by atoms with van der Waals surface area (Å²) >= 11 is 0. The third kappa shape index (κ3) is 4.18. The van der Waals surface area contributed by atoms with Crippen LogP contribution in [0.2, 0.25) is 0 Å². The van der Waals surface area contributed by atoms with E-state index in [2.05, 4.69) is 5.32 Å². The summed E-state index contributed by atoms with van der Waals surface area (Å²) in [4.78, 5) is 0. The Labute approximate surface area is 121 Å². The Balaban J connectivity index is 1.80. The number of para-hydroxylation sites is 1. The van der Waals surface area contributed by atoms with Crippen LogP contribution in [-0.2, 0) is 0 Å². The van der Waals surface area contributed by atoms with Crippen molar-refractivity contribution in [2.75, 3.05) is 18.5 Å². The Morgan fingerprint density at radius 3 is 2.38 bits per heavy atom. The molecule has 0 aliphatic rings. The molecular weight excluding hydrogens is 274 g/mol. The van der Waals surface area contributed by atoms with E-state index in [1.165, 1.54) is 0 Å². The summed E-state index contributed by atoms with van der Waals surface area (Å²) in [6.07, 6.45) is 0.591. The second-order valence-electron chi connectivity index (χ2n) is 4.37. The average Bonchev–Trinajstić information content (AvgIpc) is 2.50. The molecule has 2 aromatic carbocycles. The zero-order chi connectivity index (χ0) is 15.1. The van der Waals surface area contributed by atoms with Gasteiger partial charge in [0.1, 0.15) is 11.4 Å². The van der Waals surface area contributed by atoms with Crippen LogP contribution < -0.4 is 10.1 Å². The molecule has 0 aliphatic heterocycles. The molecule has 0 saturated carbocycles. The number of nitrogens with zero attached hydrogens (tertiary/aromatic N) is 1. The number of hydrogen-bond acceptors (Lipinski definition) is 3. The summed E-state index contributed by atoms with van der Waals surface area (Å²) in [7, 11) is 0. The van der Waals surface area contributed by atoms with Gasteiger partial charge in [0.05, 0.1) is 18.2 Å². The fraction of sp³-hybridized carbons (Fsp3) is 0.188. The maximum Gasteiger partial charge on any atom is 0.150 e. The summed E-state index contributed by atoms with van der Waals surface area (Å²) in [5.74, 6) is -0.778. The molecule has 2 aromatic rings. The predicted molar refractivity (Wildman–Crippen MR) is 76.1 cm³/mol. The fourth-order valence-corrected chi connectivity index (χ4v) is 1.80. The third-order valence-electron chi connectivity index (χ3n) is 2.81. The number of ether oxygens (including phenoxy) is 1. The monoisotopic (exact) mass is 288 g/mol. The first-order valence-electron chi connectivity index (χ1n) is 6.51. The number of nitriles is 1. The van der Waals surface area contributed by atoms with Gasteiger partial charge in [0.2, 0.25) is 0 Å². The zero-order valence-corrected chi connectivity index (χ0v) is 11.3. The van der Waals surface area contributed by atoms with Crippen LogP contribution in [0.15, 0.2) is 42.5 Å². The van der Waals surface area contributed by atoms with Crippen LogP contribution in [0.5, 0.6) is 5.75 Å². The van der Waals surface area contributed by atoms with Crippen LogP contribution in [-0.4, -0.2) is 13.2 Å². The van der Waals surface area contributed by atoms with Gasteiger partial charge in [-0.25, -0.2) is 8.78 Å². The molecule has 0 amide bonds. The Kier molecular flexibility index (Phi) is 5.10. The van der Waals surface area contributed by atoms with Gasteiger partial charge in [0, 0.05) is 6.54 Å². The lowest BCUT2D eigenvalue weighted by atomic mass is 10.2. The van der Waals surface area contributed by atoms with E-state index in [1.54, 1.807) is 6.07 Å². The van der Waals surface area contributed by atoms with Crippen LogP contribution in [0.4, 0.5) is 14.5 Å². The minimum Gasteiger partial charge on any atom is -0.494 e. The van der Waals surface area contributed by atoms with E-state index in [-0.39, 0.29) is 11.3 Å². The second-order valence-corrected chi connectivity index (χ2v) is 4.37. The first kappa shape index (κ1) is 14.8. The van der Waals surface area contributed by atoms with Crippen molar-refractivity contribution in [3.8, 4) is 11.8 Å². The summed E-state index contributed by atoms with van der Waals surface area (Å²) in [6.45, 7) is 0.809. The van der Waals surface area contributed by atoms with Crippen molar-refractivity contribution in [1.29, 1.82) is 5.26 Å². The van der Waals surface area contributed by atoms with Crippen molar-refractivity contribution < 1.29 is 13.5 Å². The number of nitrogens with one attached hydrogen (secondary N) is 1. The highest BCUT2D eigenvalue weighted by atomic mass is 19.1. The topological polar surface area (TPSA) is 45.0 Å². The lowest BCUT2D eigenvalue weighted by molar-refractivity contribution is 0.315. The molecule has 0 fully saturated rings. The molecule has 0 heterocycles. The van der Waals surface area contributed by atoms with Gasteiger partial charge < -0.3 is 10.1 Å². The molecule has 0 aliphatic carbocycles. The van der Waals surface area contributed by atoms with Gasteiger partial charge in [-0.05, 0) is 30.7 Å². The number of hydrogen-bond donors (Lipinski definition) is 1. The van der Waals surface area contributed by atoms with Crippen molar-refractivity contribution in [3.63, 3.8) is 0 Å². The number of anilines is 1. The minimum absolute atomic E-state index is 0.0389. The molecule has 0 unspecified atom stereocenters. The van der Waals surface area contributed by atoms with E-state index in [0.29, 0.717) is 19.6 Å². The highest BCUT2D eigenvalue weighted by Crippen LogP contribution is 2.20. The average molecular weight is 288 g/mol. The molecule has 3 nitrogen and oxygen atoms in total. The van der Waals surface area contributed by atoms with Gasteiger partial charge in [-0.3, -0.25) is 0 Å². The van der Waals surface area contributed by atoms with Crippen molar-refractivity contribution in [2.45, 2.75) is 6.42 Å². The summed E-state index contributed by atoms with van der Waals surface area (Å²) in [5, 5.41) is 11.3. The van der Waals surface area contributed by atoms with Crippen LogP contribution in [0.25, 0.3) is 0 Å². The smallest absolute Gasteiger partial charge is 0.150 e. The maximum atomic E-state index is 13.6. The molecule has 5 heteroatoms. The number of halogens is 2. The molecule has 1 N–H and O–H groups in total. The van der Waals surface area contributed by atoms with E-state index >= 15 is 0 Å². The molecule has 21 heavy (non-hydrogen) atoms. The van der Waals surface area contributed by atoms with E-state index in [4.69, 9.17) is 10.00 Å². The van der Waals surface area contributed by atoms with E-state index in [9.17, 15) is 8.78 Å². The van der Waals surface area contributed by atoms with Gasteiger partial charge >= 0.3 is 0 Å². The van der Waals surface area contributed by atoms with Crippen LogP contribution in [0, 0.1) is 23.0 Å². The first-order valence-corrected chi connectivity index (χ1v) is 6.51. The molecule has 0 atom stereocenters. The van der Waals surface area contributed by atoms with E-state index in [0.717, 1.165) is 17.9 Å². The lowest BCUT2D eigenvalue weighted by Crippen LogP contribution is -2.10. The number of benzene rings is 2. The van der Waals surface area contributed by atoms with Gasteiger partial charge in [-0.2, -0.15) is 5.26 Å². The molecule has 0 bridgehead atoms. The largest absolute Gasteiger partial charge is 0.494 e. The van der Waals surface area contributed by atoms with Crippen molar-refractivity contribution in [3.05, 3.63) is 59.7 Å². The van der Waals surface area contributed by atoms with Gasteiger partial charge in [0.15, 0.2) is 11.6 Å². The van der Waals surface area contributed by atoms with Gasteiger partial charge in [-0.1, -0.05) is 18.2 Å². The Morgan fingerprint density at radius 2 is 1.76 bits per heavy atom. The highest BCUT2D eigenvalue weighted by Gasteiger charge is 2.10. The van der Waals surface area contributed by atoms with Crippen molar-refractivity contribution >= 4 is 5.69 Å². The van der Waals surface area contributed by atoms with Crippen LogP contribution >= 0.6 is 0 Å². The normalized spacial score (nSPS) is 9.95. The zero-order valence-electron chi connectivity index (χ0n) is 11.3. The molecule has 0 saturated heterocycles. The summed E-state index contributed by atoms with van der Waals surface area (Å²) < 4.78 is 32.6. The maximum absolute atomic E-state index is 13.6.